The average Bonchev–Trinajstić information content (AvgIpc) is 2.62. The van der Waals surface area contributed by atoms with Gasteiger partial charge < -0.3 is 10.2 Å². The minimum atomic E-state index is -3.14. The molecule has 2 heterocycles. The van der Waals surface area contributed by atoms with Crippen molar-refractivity contribution in [1.82, 2.24) is 14.5 Å². The van der Waals surface area contributed by atoms with Crippen molar-refractivity contribution >= 4 is 15.9 Å². The van der Waals surface area contributed by atoms with E-state index in [4.69, 9.17) is 0 Å². The Hall–Kier alpha value is -0.660. The van der Waals surface area contributed by atoms with Gasteiger partial charge in [0.15, 0.2) is 0 Å². The molecule has 2 aliphatic heterocycles. The summed E-state index contributed by atoms with van der Waals surface area (Å²) in [6.07, 6.45) is 4.29. The molecule has 19 heavy (non-hydrogen) atoms. The molecule has 0 bridgehead atoms. The Kier molecular flexibility index (Phi) is 5.18. The highest BCUT2D eigenvalue weighted by atomic mass is 32.2. The van der Waals surface area contributed by atoms with Gasteiger partial charge in [0, 0.05) is 45.7 Å². The molecule has 0 unspecified atom stereocenters. The maximum Gasteiger partial charge on any atom is 0.221 e. The molecule has 0 spiro atoms. The van der Waals surface area contributed by atoms with Crippen LogP contribution in [0.2, 0.25) is 0 Å². The molecular formula is C12H22N3O3S. The fourth-order valence-corrected chi connectivity index (χ4v) is 3.93. The van der Waals surface area contributed by atoms with Crippen molar-refractivity contribution in [3.63, 3.8) is 0 Å². The lowest BCUT2D eigenvalue weighted by Gasteiger charge is -2.27. The Morgan fingerprint density at radius 2 is 1.89 bits per heavy atom. The standard InChI is InChI=1S/C12H22N3O3S/c16-12-4-8-14(9-5-13-12)10-11-19(17,18)15-6-2-1-3-7-15/h1H,2-11H2,(H,13,16). The molecule has 0 aromatic carbocycles. The zero-order chi connectivity index (χ0) is 13.7. The molecule has 2 saturated heterocycles. The van der Waals surface area contributed by atoms with E-state index in [1.54, 1.807) is 4.31 Å². The molecule has 0 aliphatic carbocycles. The monoisotopic (exact) mass is 288 g/mol. The van der Waals surface area contributed by atoms with Crippen molar-refractivity contribution in [2.45, 2.75) is 19.3 Å². The number of nitrogens with zero attached hydrogens (tertiary/aromatic N) is 2. The van der Waals surface area contributed by atoms with E-state index >= 15 is 0 Å². The van der Waals surface area contributed by atoms with Gasteiger partial charge in [-0.25, -0.2) is 12.7 Å². The third kappa shape index (κ3) is 4.43. The summed E-state index contributed by atoms with van der Waals surface area (Å²) in [7, 11) is -3.14. The lowest BCUT2D eigenvalue weighted by molar-refractivity contribution is -0.120. The first-order valence-electron chi connectivity index (χ1n) is 6.86. The van der Waals surface area contributed by atoms with Gasteiger partial charge in [-0.15, -0.1) is 0 Å². The molecule has 7 heteroatoms. The lowest BCUT2D eigenvalue weighted by Crippen LogP contribution is -2.41. The number of amides is 1. The number of nitrogens with one attached hydrogen (secondary N) is 1. The van der Waals surface area contributed by atoms with Crippen LogP contribution in [0.5, 0.6) is 0 Å². The highest BCUT2D eigenvalue weighted by molar-refractivity contribution is 7.89. The zero-order valence-electron chi connectivity index (χ0n) is 11.2. The van der Waals surface area contributed by atoms with Crippen molar-refractivity contribution in [3.05, 3.63) is 6.42 Å². The number of hydrogen-bond acceptors (Lipinski definition) is 4. The largest absolute Gasteiger partial charge is 0.355 e. The van der Waals surface area contributed by atoms with Gasteiger partial charge in [0.1, 0.15) is 0 Å². The molecule has 6 nitrogen and oxygen atoms in total. The summed E-state index contributed by atoms with van der Waals surface area (Å²) in [5, 5.41) is 2.79. The van der Waals surface area contributed by atoms with Crippen LogP contribution < -0.4 is 5.32 Å². The fraction of sp³-hybridized carbons (Fsp3) is 0.833. The maximum absolute atomic E-state index is 12.2. The fourth-order valence-electron chi connectivity index (χ4n) is 2.42. The minimum absolute atomic E-state index is 0.0527. The number of piperidine rings is 1. The van der Waals surface area contributed by atoms with Gasteiger partial charge in [-0.2, -0.15) is 0 Å². The SMILES string of the molecule is O=C1CCN(CCS(=O)(=O)N2CC[CH]CC2)CCN1. The van der Waals surface area contributed by atoms with Crippen molar-refractivity contribution < 1.29 is 13.2 Å². The van der Waals surface area contributed by atoms with Crippen molar-refractivity contribution in [1.29, 1.82) is 0 Å². The van der Waals surface area contributed by atoms with Crippen LogP contribution in [0.3, 0.4) is 0 Å². The number of carbonyl (C=O) groups is 1. The summed E-state index contributed by atoms with van der Waals surface area (Å²) >= 11 is 0. The van der Waals surface area contributed by atoms with E-state index < -0.39 is 10.0 Å². The van der Waals surface area contributed by atoms with E-state index in [1.165, 1.54) is 0 Å². The van der Waals surface area contributed by atoms with Gasteiger partial charge in [-0.1, -0.05) is 0 Å². The van der Waals surface area contributed by atoms with Crippen molar-refractivity contribution in [3.8, 4) is 0 Å². The number of rotatable bonds is 4. The quantitative estimate of drug-likeness (QED) is 0.753. The maximum atomic E-state index is 12.2. The van der Waals surface area contributed by atoms with Crippen LogP contribution in [0.1, 0.15) is 19.3 Å². The van der Waals surface area contributed by atoms with E-state index in [2.05, 4.69) is 11.7 Å². The van der Waals surface area contributed by atoms with E-state index in [1.807, 2.05) is 4.90 Å². The molecule has 0 atom stereocenters. The summed E-state index contributed by atoms with van der Waals surface area (Å²) < 4.78 is 26.0. The average molecular weight is 288 g/mol. The third-order valence-corrected chi connectivity index (χ3v) is 5.48. The lowest BCUT2D eigenvalue weighted by atomic mass is 10.2. The second-order valence-corrected chi connectivity index (χ2v) is 7.11. The predicted octanol–water partition coefficient (Wildman–Crippen LogP) is -0.562. The Balaban J connectivity index is 1.81. The summed E-state index contributed by atoms with van der Waals surface area (Å²) in [5.74, 6) is 0.207. The summed E-state index contributed by atoms with van der Waals surface area (Å²) in [5.41, 5.74) is 0. The Morgan fingerprint density at radius 3 is 2.63 bits per heavy atom. The summed E-state index contributed by atoms with van der Waals surface area (Å²) in [6.45, 7) is 3.73. The van der Waals surface area contributed by atoms with Crippen LogP contribution in [0.15, 0.2) is 0 Å². The van der Waals surface area contributed by atoms with Crippen LogP contribution in [0.25, 0.3) is 0 Å². The molecule has 0 saturated carbocycles. The van der Waals surface area contributed by atoms with Crippen molar-refractivity contribution in [2.75, 3.05) is 45.0 Å². The van der Waals surface area contributed by atoms with Crippen LogP contribution in [0, 0.1) is 6.42 Å². The third-order valence-electron chi connectivity index (χ3n) is 3.63. The van der Waals surface area contributed by atoms with E-state index in [0.29, 0.717) is 39.1 Å². The normalized spacial score (nSPS) is 23.9. The van der Waals surface area contributed by atoms with Crippen LogP contribution >= 0.6 is 0 Å². The van der Waals surface area contributed by atoms with Gasteiger partial charge in [-0.3, -0.25) is 4.79 Å². The zero-order valence-corrected chi connectivity index (χ0v) is 12.0. The van der Waals surface area contributed by atoms with E-state index in [0.717, 1.165) is 19.4 Å². The first-order chi connectivity index (χ1) is 9.08. The van der Waals surface area contributed by atoms with Crippen LogP contribution in [0.4, 0.5) is 0 Å². The molecule has 109 valence electrons. The minimum Gasteiger partial charge on any atom is -0.355 e. The highest BCUT2D eigenvalue weighted by Gasteiger charge is 2.24. The molecule has 2 rings (SSSR count). The first kappa shape index (κ1) is 14.7. The van der Waals surface area contributed by atoms with Crippen LogP contribution in [-0.4, -0.2) is 68.6 Å². The smallest absolute Gasteiger partial charge is 0.221 e. The Labute approximate surface area is 115 Å². The molecule has 1 N–H and O–H groups in total. The predicted molar refractivity (Wildman–Crippen MR) is 73.0 cm³/mol. The molecule has 0 aromatic rings. The van der Waals surface area contributed by atoms with Crippen molar-refractivity contribution in [2.24, 2.45) is 0 Å². The topological polar surface area (TPSA) is 69.7 Å². The first-order valence-corrected chi connectivity index (χ1v) is 8.47. The molecule has 2 aliphatic rings. The van der Waals surface area contributed by atoms with E-state index in [9.17, 15) is 13.2 Å². The van der Waals surface area contributed by atoms with Crippen LogP contribution in [-0.2, 0) is 14.8 Å². The Bertz CT molecular complexity index is 404. The molecule has 2 fully saturated rings. The summed E-state index contributed by atoms with van der Waals surface area (Å²) in [6, 6.07) is 0. The van der Waals surface area contributed by atoms with Gasteiger partial charge in [0.25, 0.3) is 0 Å². The second kappa shape index (κ2) is 6.67. The van der Waals surface area contributed by atoms with Gasteiger partial charge in [0.05, 0.1) is 5.75 Å². The molecule has 1 amide bonds. The summed E-state index contributed by atoms with van der Waals surface area (Å²) in [4.78, 5) is 13.3. The second-order valence-electron chi connectivity index (χ2n) is 5.02. The molecule has 0 aromatic heterocycles. The molecular weight excluding hydrogens is 266 g/mol. The number of sulfonamides is 1. The number of hydrogen-bond donors (Lipinski definition) is 1. The Morgan fingerprint density at radius 1 is 1.16 bits per heavy atom. The van der Waals surface area contributed by atoms with Gasteiger partial charge in [0.2, 0.25) is 15.9 Å². The number of carbonyl (C=O) groups excluding carboxylic acids is 1. The van der Waals surface area contributed by atoms with Gasteiger partial charge >= 0.3 is 0 Å². The highest BCUT2D eigenvalue weighted by Crippen LogP contribution is 2.13. The van der Waals surface area contributed by atoms with Gasteiger partial charge in [-0.05, 0) is 19.3 Å². The van der Waals surface area contributed by atoms with E-state index in [-0.39, 0.29) is 11.7 Å². The molecule has 1 radical (unpaired) electrons.